The van der Waals surface area contributed by atoms with E-state index in [9.17, 15) is 8.42 Å². The van der Waals surface area contributed by atoms with Gasteiger partial charge in [-0.1, -0.05) is 18.2 Å². The molecule has 0 saturated carbocycles. The first-order valence-electron chi connectivity index (χ1n) is 5.83. The molecule has 0 radical (unpaired) electrons. The van der Waals surface area contributed by atoms with Gasteiger partial charge in [-0.15, -0.1) is 0 Å². The number of anilines is 2. The van der Waals surface area contributed by atoms with E-state index in [0.717, 1.165) is 5.56 Å². The number of pyridine rings is 1. The van der Waals surface area contributed by atoms with Crippen molar-refractivity contribution < 1.29 is 8.42 Å². The highest BCUT2D eigenvalue weighted by Crippen LogP contribution is 2.20. The van der Waals surface area contributed by atoms with E-state index in [-0.39, 0.29) is 5.75 Å². The molecule has 5 nitrogen and oxygen atoms in total. The number of aryl methyl sites for hydroxylation is 1. The molecule has 1 aromatic heterocycles. The molecule has 1 aromatic carbocycles. The van der Waals surface area contributed by atoms with Crippen LogP contribution in [0.25, 0.3) is 0 Å². The molecule has 3 N–H and O–H groups in total. The van der Waals surface area contributed by atoms with E-state index in [2.05, 4.69) is 25.6 Å². The van der Waals surface area contributed by atoms with Crippen LogP contribution >= 0.6 is 15.9 Å². The first-order valence-corrected chi connectivity index (χ1v) is 8.28. The maximum Gasteiger partial charge on any atom is 0.237 e. The highest BCUT2D eigenvalue weighted by atomic mass is 79.9. The monoisotopic (exact) mass is 355 g/mol. The van der Waals surface area contributed by atoms with E-state index in [1.165, 1.54) is 6.20 Å². The van der Waals surface area contributed by atoms with Gasteiger partial charge < -0.3 is 5.73 Å². The Labute approximate surface area is 126 Å². The number of nitrogens with one attached hydrogen (secondary N) is 1. The van der Waals surface area contributed by atoms with Crippen LogP contribution in [0.15, 0.2) is 41.1 Å². The lowest BCUT2D eigenvalue weighted by atomic mass is 10.2. The Balaban J connectivity index is 2.19. The average molecular weight is 356 g/mol. The second kappa shape index (κ2) is 5.80. The predicted molar refractivity (Wildman–Crippen MR) is 83.8 cm³/mol. The van der Waals surface area contributed by atoms with Gasteiger partial charge >= 0.3 is 0 Å². The van der Waals surface area contributed by atoms with E-state index in [4.69, 9.17) is 5.73 Å². The van der Waals surface area contributed by atoms with Crippen molar-refractivity contribution in [2.75, 3.05) is 10.5 Å². The number of hydrogen-bond donors (Lipinski definition) is 2. The number of halogens is 1. The molecule has 0 fully saturated rings. The second-order valence-corrected chi connectivity index (χ2v) is 6.87. The highest BCUT2D eigenvalue weighted by Gasteiger charge is 2.14. The molecule has 0 saturated heterocycles. The number of sulfonamides is 1. The quantitative estimate of drug-likeness (QED) is 0.652. The maximum atomic E-state index is 12.1. The largest absolute Gasteiger partial charge is 0.398 e. The van der Waals surface area contributed by atoms with Crippen molar-refractivity contribution in [3.63, 3.8) is 0 Å². The summed E-state index contributed by atoms with van der Waals surface area (Å²) in [5.41, 5.74) is 8.07. The van der Waals surface area contributed by atoms with E-state index in [0.29, 0.717) is 21.5 Å². The molecule has 0 aliphatic heterocycles. The van der Waals surface area contributed by atoms with E-state index in [1.807, 2.05) is 6.92 Å². The Morgan fingerprint density at radius 1 is 1.35 bits per heavy atom. The molecule has 0 unspecified atom stereocenters. The molecule has 1 heterocycles. The van der Waals surface area contributed by atoms with Crippen LogP contribution in [0.2, 0.25) is 0 Å². The summed E-state index contributed by atoms with van der Waals surface area (Å²) in [6, 6.07) is 8.60. The summed E-state index contributed by atoms with van der Waals surface area (Å²) in [5.74, 6) is -0.172. The van der Waals surface area contributed by atoms with Crippen LogP contribution in [0.5, 0.6) is 0 Å². The third kappa shape index (κ3) is 3.71. The van der Waals surface area contributed by atoms with Crippen LogP contribution in [-0.4, -0.2) is 13.4 Å². The Morgan fingerprint density at radius 2 is 2.05 bits per heavy atom. The number of hydrogen-bond acceptors (Lipinski definition) is 4. The van der Waals surface area contributed by atoms with Gasteiger partial charge in [0.1, 0.15) is 4.60 Å². The minimum Gasteiger partial charge on any atom is -0.398 e. The average Bonchev–Trinajstić information content (AvgIpc) is 2.36. The molecular formula is C13H14BrN3O2S. The fourth-order valence-electron chi connectivity index (χ4n) is 1.70. The fraction of sp³-hybridized carbons (Fsp3) is 0.154. The predicted octanol–water partition coefficient (Wildman–Crippen LogP) is 2.68. The molecule has 0 aliphatic carbocycles. The van der Waals surface area contributed by atoms with Crippen molar-refractivity contribution in [2.45, 2.75) is 12.7 Å². The summed E-state index contributed by atoms with van der Waals surface area (Å²) in [6.45, 7) is 1.84. The third-order valence-corrected chi connectivity index (χ3v) is 4.76. The first-order chi connectivity index (χ1) is 9.37. The zero-order valence-electron chi connectivity index (χ0n) is 10.8. The van der Waals surface area contributed by atoms with Crippen molar-refractivity contribution in [3.8, 4) is 0 Å². The van der Waals surface area contributed by atoms with Crippen molar-refractivity contribution >= 4 is 37.3 Å². The molecule has 106 valence electrons. The molecule has 0 atom stereocenters. The lowest BCUT2D eigenvalue weighted by Gasteiger charge is -2.10. The Kier molecular flexibility index (Phi) is 4.29. The smallest absolute Gasteiger partial charge is 0.237 e. The number of aromatic nitrogens is 1. The normalized spacial score (nSPS) is 11.3. The molecule has 0 bridgehead atoms. The number of para-hydroxylation sites is 1. The van der Waals surface area contributed by atoms with Gasteiger partial charge in [-0.2, -0.15) is 0 Å². The number of nitrogens with two attached hydrogens (primary N) is 1. The van der Waals surface area contributed by atoms with Gasteiger partial charge in [0.2, 0.25) is 10.0 Å². The molecule has 0 aliphatic rings. The first kappa shape index (κ1) is 14.8. The van der Waals surface area contributed by atoms with Crippen LogP contribution in [0.1, 0.15) is 11.1 Å². The van der Waals surface area contributed by atoms with Gasteiger partial charge in [-0.05, 0) is 46.1 Å². The van der Waals surface area contributed by atoms with Gasteiger partial charge in [0.15, 0.2) is 0 Å². The molecule has 0 spiro atoms. The lowest BCUT2D eigenvalue weighted by Crippen LogP contribution is -2.16. The van der Waals surface area contributed by atoms with E-state index < -0.39 is 10.0 Å². The molecule has 2 rings (SSSR count). The number of nitrogens with zero attached hydrogens (tertiary/aromatic N) is 1. The van der Waals surface area contributed by atoms with Crippen LogP contribution < -0.4 is 10.5 Å². The van der Waals surface area contributed by atoms with E-state index in [1.54, 1.807) is 30.3 Å². The summed E-state index contributed by atoms with van der Waals surface area (Å²) in [4.78, 5) is 4.05. The second-order valence-electron chi connectivity index (χ2n) is 4.39. The van der Waals surface area contributed by atoms with Gasteiger partial charge in [0, 0.05) is 5.69 Å². The standard InChI is InChI=1S/C13H14BrN3O2S/c1-9-6-11(7-16-13(9)14)17-20(18,19)8-10-4-2-3-5-12(10)15/h2-7,17H,8,15H2,1H3. The fourth-order valence-corrected chi connectivity index (χ4v) is 3.13. The van der Waals surface area contributed by atoms with Gasteiger partial charge in [-0.25, -0.2) is 13.4 Å². The molecular weight excluding hydrogens is 342 g/mol. The summed E-state index contributed by atoms with van der Waals surface area (Å²) >= 11 is 3.27. The minimum absolute atomic E-state index is 0.172. The molecule has 0 amide bonds. The molecule has 20 heavy (non-hydrogen) atoms. The zero-order valence-corrected chi connectivity index (χ0v) is 13.2. The van der Waals surface area contributed by atoms with E-state index >= 15 is 0 Å². The summed E-state index contributed by atoms with van der Waals surface area (Å²) in [5, 5.41) is 0. The third-order valence-electron chi connectivity index (χ3n) is 2.69. The Bertz CT molecular complexity index is 732. The number of rotatable bonds is 4. The topological polar surface area (TPSA) is 85.1 Å². The maximum absolute atomic E-state index is 12.1. The zero-order chi connectivity index (χ0) is 14.8. The lowest BCUT2D eigenvalue weighted by molar-refractivity contribution is 0.600. The number of benzene rings is 1. The number of nitrogen functional groups attached to an aromatic ring is 1. The SMILES string of the molecule is Cc1cc(NS(=O)(=O)Cc2ccccc2N)cnc1Br. The molecule has 7 heteroatoms. The summed E-state index contributed by atoms with van der Waals surface area (Å²) in [6.07, 6.45) is 1.46. The molecule has 2 aromatic rings. The minimum atomic E-state index is -3.53. The summed E-state index contributed by atoms with van der Waals surface area (Å²) < 4.78 is 27.4. The van der Waals surface area contributed by atoms with Crippen molar-refractivity contribution in [2.24, 2.45) is 0 Å². The van der Waals surface area contributed by atoms with Gasteiger partial charge in [-0.3, -0.25) is 4.72 Å². The van der Waals surface area contributed by atoms with Crippen LogP contribution in [0.3, 0.4) is 0 Å². The van der Waals surface area contributed by atoms with Crippen LogP contribution in [0, 0.1) is 6.92 Å². The van der Waals surface area contributed by atoms with Crippen molar-refractivity contribution in [1.29, 1.82) is 0 Å². The summed E-state index contributed by atoms with van der Waals surface area (Å²) in [7, 11) is -3.53. The Hall–Kier alpha value is -1.60. The highest BCUT2D eigenvalue weighted by molar-refractivity contribution is 9.10. The van der Waals surface area contributed by atoms with Crippen molar-refractivity contribution in [3.05, 3.63) is 52.3 Å². The van der Waals surface area contributed by atoms with Crippen molar-refractivity contribution in [1.82, 2.24) is 4.98 Å². The Morgan fingerprint density at radius 3 is 2.70 bits per heavy atom. The van der Waals surface area contributed by atoms with Crippen LogP contribution in [-0.2, 0) is 15.8 Å². The van der Waals surface area contributed by atoms with Crippen LogP contribution in [0.4, 0.5) is 11.4 Å². The van der Waals surface area contributed by atoms with Gasteiger partial charge in [0.05, 0.1) is 17.6 Å². The van der Waals surface area contributed by atoms with Gasteiger partial charge in [0.25, 0.3) is 0 Å².